The van der Waals surface area contributed by atoms with Crippen LogP contribution in [0.3, 0.4) is 0 Å². The average molecular weight is 192 g/mol. The van der Waals surface area contributed by atoms with Gasteiger partial charge in [0.1, 0.15) is 0 Å². The highest BCUT2D eigenvalue weighted by Gasteiger charge is 2.02. The summed E-state index contributed by atoms with van der Waals surface area (Å²) in [5.74, 6) is 0. The zero-order valence-electron chi connectivity index (χ0n) is 9.67. The Hall–Kier alpha value is -1.05. The van der Waals surface area contributed by atoms with Crippen LogP contribution in [-0.2, 0) is 19.4 Å². The molecule has 78 valence electrons. The summed E-state index contributed by atoms with van der Waals surface area (Å²) in [5, 5.41) is 4.54. The lowest BCUT2D eigenvalue weighted by Crippen LogP contribution is -2.03. The molecule has 0 atom stereocenters. The largest absolute Gasteiger partial charge is 0.266 e. The molecule has 0 bridgehead atoms. The molecule has 0 aromatic carbocycles. The van der Waals surface area contributed by atoms with Crippen molar-refractivity contribution in [1.82, 2.24) is 9.78 Å². The molecule has 14 heavy (non-hydrogen) atoms. The summed E-state index contributed by atoms with van der Waals surface area (Å²) >= 11 is 0. The van der Waals surface area contributed by atoms with Crippen molar-refractivity contribution in [3.05, 3.63) is 29.1 Å². The molecule has 1 aromatic heterocycles. The zero-order valence-corrected chi connectivity index (χ0v) is 9.67. The van der Waals surface area contributed by atoms with Crippen molar-refractivity contribution in [2.24, 2.45) is 0 Å². The second-order valence-electron chi connectivity index (χ2n) is 3.80. The zero-order chi connectivity index (χ0) is 10.6. The molecule has 0 aliphatic rings. The minimum absolute atomic E-state index is 0.908. The standard InChI is InChI=1S/C12H20N2/c1-5-11-9-12(6-2)14(13-11)8-7-10(3)4/h7,9H,5-6,8H2,1-4H3. The molecule has 2 heteroatoms. The van der Waals surface area contributed by atoms with Gasteiger partial charge in [0.25, 0.3) is 0 Å². The predicted molar refractivity (Wildman–Crippen MR) is 60.4 cm³/mol. The van der Waals surface area contributed by atoms with Crippen LogP contribution in [-0.4, -0.2) is 9.78 Å². The van der Waals surface area contributed by atoms with Gasteiger partial charge in [-0.25, -0.2) is 0 Å². The van der Waals surface area contributed by atoms with E-state index in [4.69, 9.17) is 0 Å². The van der Waals surface area contributed by atoms with Crippen LogP contribution in [0.4, 0.5) is 0 Å². The molecule has 0 aliphatic carbocycles. The van der Waals surface area contributed by atoms with Crippen molar-refractivity contribution in [3.8, 4) is 0 Å². The fourth-order valence-corrected chi connectivity index (χ4v) is 1.40. The Morgan fingerprint density at radius 2 is 2.07 bits per heavy atom. The van der Waals surface area contributed by atoms with Crippen molar-refractivity contribution < 1.29 is 0 Å². The second kappa shape index (κ2) is 4.99. The molecule has 2 nitrogen and oxygen atoms in total. The Kier molecular flexibility index (Phi) is 3.93. The molecule has 0 N–H and O–H groups in total. The van der Waals surface area contributed by atoms with E-state index in [0.717, 1.165) is 19.4 Å². The van der Waals surface area contributed by atoms with Gasteiger partial charge in [0.2, 0.25) is 0 Å². The van der Waals surface area contributed by atoms with Gasteiger partial charge in [0.05, 0.1) is 12.2 Å². The molecule has 0 saturated carbocycles. The number of aryl methyl sites for hydroxylation is 2. The number of aromatic nitrogens is 2. The molecule has 1 heterocycles. The van der Waals surface area contributed by atoms with Crippen molar-refractivity contribution in [2.45, 2.75) is 47.1 Å². The van der Waals surface area contributed by atoms with E-state index in [0.29, 0.717) is 0 Å². The van der Waals surface area contributed by atoms with Crippen molar-refractivity contribution >= 4 is 0 Å². The summed E-state index contributed by atoms with van der Waals surface area (Å²) in [6.07, 6.45) is 4.30. The molecule has 0 fully saturated rings. The van der Waals surface area contributed by atoms with E-state index in [1.54, 1.807) is 0 Å². The molecule has 0 radical (unpaired) electrons. The first-order chi connectivity index (χ1) is 6.67. The van der Waals surface area contributed by atoms with Crippen molar-refractivity contribution in [3.63, 3.8) is 0 Å². The molecule has 1 rings (SSSR count). The van der Waals surface area contributed by atoms with Crippen molar-refractivity contribution in [2.75, 3.05) is 0 Å². The lowest BCUT2D eigenvalue weighted by molar-refractivity contribution is 0.650. The quantitative estimate of drug-likeness (QED) is 0.671. The van der Waals surface area contributed by atoms with Gasteiger partial charge in [-0.3, -0.25) is 4.68 Å². The molecule has 0 unspecified atom stereocenters. The van der Waals surface area contributed by atoms with Gasteiger partial charge < -0.3 is 0 Å². The van der Waals surface area contributed by atoms with Crippen LogP contribution in [0.1, 0.15) is 39.1 Å². The molecular weight excluding hydrogens is 172 g/mol. The number of nitrogens with zero attached hydrogens (tertiary/aromatic N) is 2. The van der Waals surface area contributed by atoms with E-state index in [2.05, 4.69) is 49.6 Å². The number of allylic oxidation sites excluding steroid dienone is 2. The topological polar surface area (TPSA) is 17.8 Å². The first-order valence-corrected chi connectivity index (χ1v) is 5.36. The molecule has 0 amide bonds. The summed E-state index contributed by atoms with van der Waals surface area (Å²) in [4.78, 5) is 0. The highest BCUT2D eigenvalue weighted by Crippen LogP contribution is 2.07. The van der Waals surface area contributed by atoms with Crippen LogP contribution in [0.2, 0.25) is 0 Å². The van der Waals surface area contributed by atoms with E-state index in [9.17, 15) is 0 Å². The third-order valence-electron chi connectivity index (χ3n) is 2.31. The first-order valence-electron chi connectivity index (χ1n) is 5.36. The predicted octanol–water partition coefficient (Wildman–Crippen LogP) is 2.97. The van der Waals surface area contributed by atoms with Gasteiger partial charge in [-0.1, -0.05) is 25.5 Å². The summed E-state index contributed by atoms with van der Waals surface area (Å²) in [6, 6.07) is 2.21. The highest BCUT2D eigenvalue weighted by atomic mass is 15.3. The monoisotopic (exact) mass is 192 g/mol. The Morgan fingerprint density at radius 3 is 2.57 bits per heavy atom. The van der Waals surface area contributed by atoms with Gasteiger partial charge >= 0.3 is 0 Å². The summed E-state index contributed by atoms with van der Waals surface area (Å²) in [6.45, 7) is 9.47. The fourth-order valence-electron chi connectivity index (χ4n) is 1.40. The molecule has 0 saturated heterocycles. The van der Waals surface area contributed by atoms with E-state index in [-0.39, 0.29) is 0 Å². The van der Waals surface area contributed by atoms with Crippen LogP contribution >= 0.6 is 0 Å². The van der Waals surface area contributed by atoms with Gasteiger partial charge in [-0.05, 0) is 32.8 Å². The molecular formula is C12H20N2. The van der Waals surface area contributed by atoms with Crippen LogP contribution in [0.25, 0.3) is 0 Å². The van der Waals surface area contributed by atoms with Crippen LogP contribution in [0.5, 0.6) is 0 Å². The minimum atomic E-state index is 0.908. The lowest BCUT2D eigenvalue weighted by Gasteiger charge is -2.01. The van der Waals surface area contributed by atoms with Gasteiger partial charge in [0, 0.05) is 5.69 Å². The fraction of sp³-hybridized carbons (Fsp3) is 0.583. The SMILES string of the molecule is CCc1cc(CC)n(CC=C(C)C)n1. The van der Waals surface area contributed by atoms with Crippen LogP contribution in [0.15, 0.2) is 17.7 Å². The third-order valence-corrected chi connectivity index (χ3v) is 2.31. The van der Waals surface area contributed by atoms with E-state index < -0.39 is 0 Å². The molecule has 1 aromatic rings. The third kappa shape index (κ3) is 2.72. The van der Waals surface area contributed by atoms with E-state index >= 15 is 0 Å². The summed E-state index contributed by atoms with van der Waals surface area (Å²) in [5.41, 5.74) is 3.88. The van der Waals surface area contributed by atoms with Gasteiger partial charge in [0.15, 0.2) is 0 Å². The average Bonchev–Trinajstić information content (AvgIpc) is 2.57. The van der Waals surface area contributed by atoms with E-state index in [1.165, 1.54) is 17.0 Å². The maximum atomic E-state index is 4.54. The molecule has 0 aliphatic heterocycles. The summed E-state index contributed by atoms with van der Waals surface area (Å²) < 4.78 is 2.10. The van der Waals surface area contributed by atoms with E-state index in [1.807, 2.05) is 0 Å². The van der Waals surface area contributed by atoms with Gasteiger partial charge in [-0.15, -0.1) is 0 Å². The number of hydrogen-bond acceptors (Lipinski definition) is 1. The molecule has 0 spiro atoms. The second-order valence-corrected chi connectivity index (χ2v) is 3.80. The Morgan fingerprint density at radius 1 is 1.36 bits per heavy atom. The lowest BCUT2D eigenvalue weighted by atomic mass is 10.2. The van der Waals surface area contributed by atoms with Crippen molar-refractivity contribution in [1.29, 1.82) is 0 Å². The highest BCUT2D eigenvalue weighted by molar-refractivity contribution is 5.11. The number of hydrogen-bond donors (Lipinski definition) is 0. The smallest absolute Gasteiger partial charge is 0.0624 e. The maximum absolute atomic E-state index is 4.54. The Bertz CT molecular complexity index is 317. The number of rotatable bonds is 4. The van der Waals surface area contributed by atoms with Crippen LogP contribution < -0.4 is 0 Å². The van der Waals surface area contributed by atoms with Gasteiger partial charge in [-0.2, -0.15) is 5.10 Å². The van der Waals surface area contributed by atoms with Crippen LogP contribution in [0, 0.1) is 0 Å². The minimum Gasteiger partial charge on any atom is -0.266 e. The Balaban J connectivity index is 2.83. The maximum Gasteiger partial charge on any atom is 0.0624 e. The Labute approximate surface area is 86.6 Å². The first kappa shape index (κ1) is 11.0. The summed E-state index contributed by atoms with van der Waals surface area (Å²) in [7, 11) is 0. The normalized spacial score (nSPS) is 10.3.